The van der Waals surface area contributed by atoms with Gasteiger partial charge < -0.3 is 10.6 Å². The highest BCUT2D eigenvalue weighted by Gasteiger charge is 2.29. The van der Waals surface area contributed by atoms with Crippen molar-refractivity contribution in [3.63, 3.8) is 0 Å². The molecule has 1 heterocycles. The van der Waals surface area contributed by atoms with E-state index in [1.165, 1.54) is 36.4 Å². The van der Waals surface area contributed by atoms with Crippen LogP contribution in [0.1, 0.15) is 15.9 Å². The molecule has 7 nitrogen and oxygen atoms in total. The molecule has 3 rings (SSSR count). The number of nitrogens with zero attached hydrogens (tertiary/aromatic N) is 1. The van der Waals surface area contributed by atoms with Gasteiger partial charge in [0.2, 0.25) is 15.9 Å². The lowest BCUT2D eigenvalue weighted by Crippen LogP contribution is -2.49. The molecule has 27 heavy (non-hydrogen) atoms. The zero-order valence-corrected chi connectivity index (χ0v) is 15.3. The molecule has 0 bridgehead atoms. The van der Waals surface area contributed by atoms with Crippen LogP contribution in [0.5, 0.6) is 0 Å². The number of benzene rings is 2. The second-order valence-electron chi connectivity index (χ2n) is 6.13. The molecule has 2 aromatic carbocycles. The van der Waals surface area contributed by atoms with E-state index >= 15 is 0 Å². The molecule has 0 spiro atoms. The standard InChI is InChI=1S/C18H18FN3O4S/c1-12-2-5-14(19)10-16(12)21-18(24)13-3-6-15(7-4-13)27(25,26)22-9-8-20-17(23)11-22/h2-7,10H,8-9,11H2,1H3,(H,20,23)(H,21,24). The number of nitrogens with one attached hydrogen (secondary N) is 2. The molecule has 0 radical (unpaired) electrons. The lowest BCUT2D eigenvalue weighted by molar-refractivity contribution is -0.122. The van der Waals surface area contributed by atoms with Crippen LogP contribution >= 0.6 is 0 Å². The first kappa shape index (κ1) is 19.0. The van der Waals surface area contributed by atoms with Gasteiger partial charge in [-0.25, -0.2) is 12.8 Å². The first-order valence-corrected chi connectivity index (χ1v) is 9.66. The van der Waals surface area contributed by atoms with Crippen LogP contribution in [0.25, 0.3) is 0 Å². The SMILES string of the molecule is Cc1ccc(F)cc1NC(=O)c1ccc(S(=O)(=O)N2CCNC(=O)C2)cc1. The molecule has 142 valence electrons. The number of halogens is 1. The molecule has 0 aliphatic carbocycles. The number of amides is 2. The summed E-state index contributed by atoms with van der Waals surface area (Å²) in [6, 6.07) is 9.44. The molecule has 2 amide bonds. The molecule has 2 N–H and O–H groups in total. The Labute approximate surface area is 156 Å². The van der Waals surface area contributed by atoms with Gasteiger partial charge in [0.25, 0.3) is 5.91 Å². The zero-order chi connectivity index (χ0) is 19.6. The van der Waals surface area contributed by atoms with Crippen molar-refractivity contribution in [1.29, 1.82) is 0 Å². The van der Waals surface area contributed by atoms with Crippen molar-refractivity contribution in [2.75, 3.05) is 25.0 Å². The Balaban J connectivity index is 1.77. The Morgan fingerprint density at radius 2 is 1.89 bits per heavy atom. The first-order valence-electron chi connectivity index (χ1n) is 8.22. The van der Waals surface area contributed by atoms with Crippen molar-refractivity contribution < 1.29 is 22.4 Å². The first-order chi connectivity index (χ1) is 12.8. The van der Waals surface area contributed by atoms with Crippen LogP contribution in [0, 0.1) is 12.7 Å². The van der Waals surface area contributed by atoms with Crippen molar-refractivity contribution >= 4 is 27.5 Å². The fraction of sp³-hybridized carbons (Fsp3) is 0.222. The molecular weight excluding hydrogens is 373 g/mol. The van der Waals surface area contributed by atoms with Gasteiger partial charge >= 0.3 is 0 Å². The number of rotatable bonds is 4. The van der Waals surface area contributed by atoms with Crippen LogP contribution < -0.4 is 10.6 Å². The molecule has 1 saturated heterocycles. The smallest absolute Gasteiger partial charge is 0.255 e. The highest BCUT2D eigenvalue weighted by molar-refractivity contribution is 7.89. The second kappa shape index (κ2) is 7.45. The van der Waals surface area contributed by atoms with Gasteiger partial charge in [-0.05, 0) is 48.9 Å². The molecular formula is C18H18FN3O4S. The van der Waals surface area contributed by atoms with E-state index < -0.39 is 21.7 Å². The molecule has 1 fully saturated rings. The largest absolute Gasteiger partial charge is 0.354 e. The summed E-state index contributed by atoms with van der Waals surface area (Å²) in [5, 5.41) is 5.17. The average Bonchev–Trinajstić information content (AvgIpc) is 2.65. The Bertz CT molecular complexity index is 990. The number of sulfonamides is 1. The fourth-order valence-corrected chi connectivity index (χ4v) is 4.07. The quantitative estimate of drug-likeness (QED) is 0.826. The summed E-state index contributed by atoms with van der Waals surface area (Å²) >= 11 is 0. The highest BCUT2D eigenvalue weighted by Crippen LogP contribution is 2.20. The maximum absolute atomic E-state index is 13.3. The molecule has 9 heteroatoms. The number of hydrogen-bond acceptors (Lipinski definition) is 4. The minimum Gasteiger partial charge on any atom is -0.354 e. The lowest BCUT2D eigenvalue weighted by Gasteiger charge is -2.25. The Morgan fingerprint density at radius 3 is 2.56 bits per heavy atom. The molecule has 0 unspecified atom stereocenters. The summed E-state index contributed by atoms with van der Waals surface area (Å²) in [5.41, 5.74) is 1.28. The van der Waals surface area contributed by atoms with Gasteiger partial charge in [-0.2, -0.15) is 4.31 Å². The number of hydrogen-bond donors (Lipinski definition) is 2. The second-order valence-corrected chi connectivity index (χ2v) is 8.06. The van der Waals surface area contributed by atoms with E-state index in [1.807, 2.05) is 0 Å². The summed E-state index contributed by atoms with van der Waals surface area (Å²) < 4.78 is 39.6. The number of aryl methyl sites for hydroxylation is 1. The van der Waals surface area contributed by atoms with Gasteiger partial charge in [0, 0.05) is 24.3 Å². The van der Waals surface area contributed by atoms with Crippen LogP contribution in [-0.4, -0.2) is 44.2 Å². The van der Waals surface area contributed by atoms with Crippen LogP contribution in [0.4, 0.5) is 10.1 Å². The highest BCUT2D eigenvalue weighted by atomic mass is 32.2. The third-order valence-electron chi connectivity index (χ3n) is 4.21. The van der Waals surface area contributed by atoms with E-state index in [4.69, 9.17) is 0 Å². The summed E-state index contributed by atoms with van der Waals surface area (Å²) in [4.78, 5) is 23.8. The molecule has 0 atom stereocenters. The number of carbonyl (C=O) groups is 2. The van der Waals surface area contributed by atoms with Crippen molar-refractivity contribution in [3.05, 3.63) is 59.4 Å². The summed E-state index contributed by atoms with van der Waals surface area (Å²) in [6.07, 6.45) is 0. The fourth-order valence-electron chi connectivity index (χ4n) is 2.67. The maximum atomic E-state index is 13.3. The summed E-state index contributed by atoms with van der Waals surface area (Å²) in [6.45, 7) is 1.95. The van der Waals surface area contributed by atoms with Crippen molar-refractivity contribution in [3.8, 4) is 0 Å². The minimum atomic E-state index is -3.82. The normalized spacial score (nSPS) is 15.3. The number of carbonyl (C=O) groups excluding carboxylic acids is 2. The minimum absolute atomic E-state index is 0.00399. The third-order valence-corrected chi connectivity index (χ3v) is 6.06. The van der Waals surface area contributed by atoms with Gasteiger partial charge in [-0.15, -0.1) is 0 Å². The Morgan fingerprint density at radius 1 is 1.19 bits per heavy atom. The monoisotopic (exact) mass is 391 g/mol. The number of anilines is 1. The maximum Gasteiger partial charge on any atom is 0.255 e. The van der Waals surface area contributed by atoms with Gasteiger partial charge in [-0.1, -0.05) is 6.07 Å². The molecule has 2 aromatic rings. The topological polar surface area (TPSA) is 95.6 Å². The summed E-state index contributed by atoms with van der Waals surface area (Å²) in [5.74, 6) is -1.31. The van der Waals surface area contributed by atoms with Gasteiger partial charge in [-0.3, -0.25) is 9.59 Å². The van der Waals surface area contributed by atoms with E-state index in [2.05, 4.69) is 10.6 Å². The van der Waals surface area contributed by atoms with Crippen molar-refractivity contribution in [2.24, 2.45) is 0 Å². The van der Waals surface area contributed by atoms with Gasteiger partial charge in [0.15, 0.2) is 0 Å². The van der Waals surface area contributed by atoms with Crippen molar-refractivity contribution in [1.82, 2.24) is 9.62 Å². The third kappa shape index (κ3) is 4.15. The van der Waals surface area contributed by atoms with Gasteiger partial charge in [0.05, 0.1) is 11.4 Å². The van der Waals surface area contributed by atoms with Crippen LogP contribution in [0.3, 0.4) is 0 Å². The van der Waals surface area contributed by atoms with Crippen LogP contribution in [-0.2, 0) is 14.8 Å². The molecule has 1 aliphatic rings. The van der Waals surface area contributed by atoms with Crippen LogP contribution in [0.2, 0.25) is 0 Å². The average molecular weight is 391 g/mol. The van der Waals surface area contributed by atoms with E-state index in [-0.39, 0.29) is 36.0 Å². The predicted octanol–water partition coefficient (Wildman–Crippen LogP) is 1.51. The summed E-state index contributed by atoms with van der Waals surface area (Å²) in [7, 11) is -3.82. The van der Waals surface area contributed by atoms with E-state index in [9.17, 15) is 22.4 Å². The molecule has 0 saturated carbocycles. The van der Waals surface area contributed by atoms with Gasteiger partial charge in [0.1, 0.15) is 5.82 Å². The Kier molecular flexibility index (Phi) is 5.24. The van der Waals surface area contributed by atoms with E-state index in [0.29, 0.717) is 11.3 Å². The molecule has 0 aromatic heterocycles. The molecule has 1 aliphatic heterocycles. The van der Waals surface area contributed by atoms with E-state index in [0.717, 1.165) is 4.31 Å². The zero-order valence-electron chi connectivity index (χ0n) is 14.5. The predicted molar refractivity (Wildman–Crippen MR) is 97.3 cm³/mol. The Hall–Kier alpha value is -2.78. The van der Waals surface area contributed by atoms with Crippen LogP contribution in [0.15, 0.2) is 47.4 Å². The number of piperazine rings is 1. The van der Waals surface area contributed by atoms with E-state index in [1.54, 1.807) is 13.0 Å². The van der Waals surface area contributed by atoms with Crippen molar-refractivity contribution in [2.45, 2.75) is 11.8 Å². The lowest BCUT2D eigenvalue weighted by atomic mass is 10.1.